The van der Waals surface area contributed by atoms with Crippen molar-refractivity contribution < 1.29 is 13.2 Å². The Morgan fingerprint density at radius 1 is 1.39 bits per heavy atom. The van der Waals surface area contributed by atoms with Crippen molar-refractivity contribution in [3.8, 4) is 0 Å². The van der Waals surface area contributed by atoms with Crippen molar-refractivity contribution in [3.05, 3.63) is 18.0 Å². The third kappa shape index (κ3) is 3.95. The van der Waals surface area contributed by atoms with Crippen molar-refractivity contribution in [1.82, 2.24) is 9.29 Å². The zero-order chi connectivity index (χ0) is 17.4. The lowest BCUT2D eigenvalue weighted by molar-refractivity contribution is 0.0992. The van der Waals surface area contributed by atoms with Crippen LogP contribution in [0.2, 0.25) is 0 Å². The Balaban J connectivity index is 2.25. The van der Waals surface area contributed by atoms with Crippen LogP contribution in [0.1, 0.15) is 50.5 Å². The Bertz CT molecular complexity index is 679. The van der Waals surface area contributed by atoms with Gasteiger partial charge in [0, 0.05) is 19.3 Å². The molecule has 0 radical (unpaired) electrons. The van der Waals surface area contributed by atoms with Gasteiger partial charge in [-0.15, -0.1) is 0 Å². The van der Waals surface area contributed by atoms with E-state index in [0.29, 0.717) is 17.8 Å². The highest BCUT2D eigenvalue weighted by molar-refractivity contribution is 7.89. The summed E-state index contributed by atoms with van der Waals surface area (Å²) in [5.41, 5.74) is 5.44. The van der Waals surface area contributed by atoms with Crippen molar-refractivity contribution in [2.45, 2.75) is 51.0 Å². The summed E-state index contributed by atoms with van der Waals surface area (Å²) in [5, 5.41) is 0. The van der Waals surface area contributed by atoms with Gasteiger partial charge < -0.3 is 10.3 Å². The average molecular weight is 341 g/mol. The summed E-state index contributed by atoms with van der Waals surface area (Å²) in [5.74, 6) is 0.627. The molecule has 2 rings (SSSR count). The van der Waals surface area contributed by atoms with Gasteiger partial charge in [-0.25, -0.2) is 13.1 Å². The summed E-state index contributed by atoms with van der Waals surface area (Å²) in [6.07, 6.45) is 4.45. The molecule has 1 aliphatic rings. The van der Waals surface area contributed by atoms with Crippen molar-refractivity contribution in [2.24, 2.45) is 30.5 Å². The van der Waals surface area contributed by atoms with Crippen molar-refractivity contribution in [1.29, 1.82) is 0 Å². The molecule has 1 saturated carbocycles. The number of aryl methyl sites for hydroxylation is 1. The predicted octanol–water partition coefficient (Wildman–Crippen LogP) is 1.86. The van der Waals surface area contributed by atoms with E-state index in [2.05, 4.69) is 25.5 Å². The lowest BCUT2D eigenvalue weighted by atomic mass is 9.74. The van der Waals surface area contributed by atoms with Gasteiger partial charge in [-0.2, -0.15) is 0 Å². The van der Waals surface area contributed by atoms with E-state index in [0.717, 1.165) is 19.3 Å². The third-order valence-electron chi connectivity index (χ3n) is 4.87. The molecule has 0 unspecified atom stereocenters. The molecular formula is C16H27N3O3S. The Hall–Kier alpha value is -1.34. The number of nitrogens with zero attached hydrogens (tertiary/aromatic N) is 1. The Labute approximate surface area is 138 Å². The molecule has 1 aromatic rings. The van der Waals surface area contributed by atoms with E-state index in [4.69, 9.17) is 5.73 Å². The third-order valence-corrected chi connectivity index (χ3v) is 6.33. The number of sulfonamides is 1. The molecule has 6 nitrogen and oxygen atoms in total. The van der Waals surface area contributed by atoms with E-state index in [1.165, 1.54) is 16.8 Å². The highest BCUT2D eigenvalue weighted by Crippen LogP contribution is 2.34. The molecule has 7 heteroatoms. The minimum absolute atomic E-state index is 0.0685. The Morgan fingerprint density at radius 3 is 2.57 bits per heavy atom. The van der Waals surface area contributed by atoms with E-state index in [-0.39, 0.29) is 16.6 Å². The summed E-state index contributed by atoms with van der Waals surface area (Å²) in [7, 11) is -2.05. The normalized spacial score (nSPS) is 25.7. The number of carbonyl (C=O) groups is 1. The van der Waals surface area contributed by atoms with Crippen molar-refractivity contribution in [3.63, 3.8) is 0 Å². The topological polar surface area (TPSA) is 94.2 Å². The lowest BCUT2D eigenvalue weighted by Crippen LogP contribution is -2.45. The summed E-state index contributed by atoms with van der Waals surface area (Å²) in [6, 6.07) is 1.27. The van der Waals surface area contributed by atoms with Crippen LogP contribution in [-0.4, -0.2) is 24.9 Å². The zero-order valence-corrected chi connectivity index (χ0v) is 15.1. The van der Waals surface area contributed by atoms with Crippen LogP contribution in [-0.2, 0) is 17.1 Å². The van der Waals surface area contributed by atoms with E-state index in [1.54, 1.807) is 7.05 Å². The molecule has 1 fully saturated rings. The van der Waals surface area contributed by atoms with Crippen LogP contribution in [0, 0.1) is 17.8 Å². The number of hydrogen-bond acceptors (Lipinski definition) is 3. The maximum Gasteiger partial charge on any atom is 0.265 e. The highest BCUT2D eigenvalue weighted by Gasteiger charge is 2.34. The molecule has 0 spiro atoms. The molecule has 1 aromatic heterocycles. The van der Waals surface area contributed by atoms with Crippen LogP contribution >= 0.6 is 0 Å². The van der Waals surface area contributed by atoms with Crippen LogP contribution in [0.15, 0.2) is 17.2 Å². The molecule has 0 saturated heterocycles. The summed E-state index contributed by atoms with van der Waals surface area (Å²) in [6.45, 7) is 6.43. The lowest BCUT2D eigenvalue weighted by Gasteiger charge is -2.37. The maximum atomic E-state index is 12.7. The largest absolute Gasteiger partial charge is 0.364 e. The molecular weight excluding hydrogens is 314 g/mol. The first-order valence-corrected chi connectivity index (χ1v) is 9.58. The summed E-state index contributed by atoms with van der Waals surface area (Å²) < 4.78 is 29.7. The molecule has 130 valence electrons. The quantitative estimate of drug-likeness (QED) is 0.856. The molecule has 3 atom stereocenters. The smallest absolute Gasteiger partial charge is 0.265 e. The number of amides is 1. The second kappa shape index (κ2) is 6.65. The molecule has 0 bridgehead atoms. The molecule has 1 amide bonds. The van der Waals surface area contributed by atoms with Crippen molar-refractivity contribution in [2.75, 3.05) is 0 Å². The number of carbonyl (C=O) groups excluding carboxylic acids is 1. The fraction of sp³-hybridized carbons (Fsp3) is 0.688. The number of hydrogen-bond donors (Lipinski definition) is 2. The predicted molar refractivity (Wildman–Crippen MR) is 89.4 cm³/mol. The standard InChI is InChI=1S/C16H27N3O3S/c1-10(2)13-6-5-11(3)7-14(13)18-23(21,22)12-8-15(16(17)20)19(4)9-12/h8-11,13-14,18H,5-7H2,1-4H3,(H2,17,20)/t11-,13+,14+/m1/s1. The molecule has 3 N–H and O–H groups in total. The van der Waals surface area contributed by atoms with Crippen LogP contribution < -0.4 is 10.5 Å². The fourth-order valence-corrected chi connectivity index (χ4v) is 4.90. The number of primary amides is 1. The molecule has 23 heavy (non-hydrogen) atoms. The SMILES string of the molecule is CC(C)[C@@H]1CC[C@@H](C)C[C@@H]1NS(=O)(=O)c1cc(C(N)=O)n(C)c1. The summed E-state index contributed by atoms with van der Waals surface area (Å²) >= 11 is 0. The number of rotatable bonds is 5. The van der Waals surface area contributed by atoms with Crippen LogP contribution in [0.5, 0.6) is 0 Å². The van der Waals surface area contributed by atoms with Gasteiger partial charge in [-0.3, -0.25) is 4.79 Å². The molecule has 0 aromatic carbocycles. The van der Waals surface area contributed by atoms with Gasteiger partial charge in [-0.1, -0.05) is 27.2 Å². The Morgan fingerprint density at radius 2 is 2.04 bits per heavy atom. The zero-order valence-electron chi connectivity index (χ0n) is 14.2. The monoisotopic (exact) mass is 341 g/mol. The average Bonchev–Trinajstić information content (AvgIpc) is 2.81. The summed E-state index contributed by atoms with van der Waals surface area (Å²) in [4.78, 5) is 11.4. The first-order chi connectivity index (χ1) is 10.6. The van der Waals surface area contributed by atoms with Gasteiger partial charge in [0.25, 0.3) is 5.91 Å². The van der Waals surface area contributed by atoms with Gasteiger partial charge in [-0.05, 0) is 36.7 Å². The minimum atomic E-state index is -3.66. The van der Waals surface area contributed by atoms with E-state index >= 15 is 0 Å². The maximum absolute atomic E-state index is 12.7. The van der Waals surface area contributed by atoms with E-state index in [1.807, 2.05) is 0 Å². The van der Waals surface area contributed by atoms with Gasteiger partial charge >= 0.3 is 0 Å². The number of nitrogens with one attached hydrogen (secondary N) is 1. The second-order valence-corrected chi connectivity index (χ2v) is 8.80. The first-order valence-electron chi connectivity index (χ1n) is 8.10. The van der Waals surface area contributed by atoms with Crippen LogP contribution in [0.4, 0.5) is 0 Å². The van der Waals surface area contributed by atoms with Gasteiger partial charge in [0.15, 0.2) is 0 Å². The highest BCUT2D eigenvalue weighted by atomic mass is 32.2. The molecule has 1 heterocycles. The second-order valence-electron chi connectivity index (χ2n) is 7.09. The fourth-order valence-electron chi connectivity index (χ4n) is 3.53. The first kappa shape index (κ1) is 18.0. The van der Waals surface area contributed by atoms with Crippen molar-refractivity contribution >= 4 is 15.9 Å². The molecule has 1 aliphatic carbocycles. The van der Waals surface area contributed by atoms with Gasteiger partial charge in [0.2, 0.25) is 10.0 Å². The van der Waals surface area contributed by atoms with E-state index in [9.17, 15) is 13.2 Å². The molecule has 0 aliphatic heterocycles. The van der Waals surface area contributed by atoms with Crippen LogP contribution in [0.25, 0.3) is 0 Å². The van der Waals surface area contributed by atoms with Gasteiger partial charge in [0.05, 0.1) is 0 Å². The number of nitrogens with two attached hydrogens (primary N) is 1. The van der Waals surface area contributed by atoms with Gasteiger partial charge in [0.1, 0.15) is 10.6 Å². The van der Waals surface area contributed by atoms with Crippen LogP contribution in [0.3, 0.4) is 0 Å². The Kier molecular flexibility index (Phi) is 5.20. The minimum Gasteiger partial charge on any atom is -0.364 e. The van der Waals surface area contributed by atoms with E-state index < -0.39 is 15.9 Å². The number of aromatic nitrogens is 1.